The van der Waals surface area contributed by atoms with E-state index in [4.69, 9.17) is 0 Å². The molecule has 0 saturated carbocycles. The molecule has 378 valence electrons. The normalized spacial score (nSPS) is 10.5. The predicted molar refractivity (Wildman–Crippen MR) is 285 cm³/mol. The fraction of sp³-hybridized carbons (Fsp3) is 0.393. The van der Waals surface area contributed by atoms with Crippen molar-refractivity contribution >= 4 is 17.7 Å². The third kappa shape index (κ3) is 21.4. The van der Waals surface area contributed by atoms with Gasteiger partial charge in [0.2, 0.25) is 0 Å². The second-order valence-electron chi connectivity index (χ2n) is 18.5. The lowest BCUT2D eigenvalue weighted by molar-refractivity contribution is 0.0904. The lowest BCUT2D eigenvalue weighted by atomic mass is 10.1. The molecule has 3 heterocycles. The molecule has 6 rings (SSSR count). The highest BCUT2D eigenvalue weighted by atomic mass is 16.2. The topological polar surface area (TPSA) is 190 Å². The van der Waals surface area contributed by atoms with Gasteiger partial charge >= 0.3 is 0 Å². The minimum absolute atomic E-state index is 0.0984. The first kappa shape index (κ1) is 60.8. The van der Waals surface area contributed by atoms with Crippen LogP contribution in [0.25, 0.3) is 5.69 Å². The zero-order chi connectivity index (χ0) is 53.4. The van der Waals surface area contributed by atoms with Gasteiger partial charge in [0.05, 0.1) is 17.9 Å². The van der Waals surface area contributed by atoms with E-state index < -0.39 is 28.1 Å². The average Bonchev–Trinajstić information content (AvgIpc) is 3.30. The fourth-order valence-electron chi connectivity index (χ4n) is 6.09. The van der Waals surface area contributed by atoms with Gasteiger partial charge in [-0.3, -0.25) is 28.8 Å². The molecule has 0 aliphatic carbocycles. The SMILES string of the molecule is CC.CC.CC.CC(C)(C)NC(=O)c1ncc(Cc2ccccc2)[nH]c1=O.Cc1cc(C(=O)NC(C)(C)C)c(=O)n(-c2ccccc2)n1.Cc1cc(C(=O)NC(C)(C)C)c(=O)n(Cc2ccccc2)c1. The van der Waals surface area contributed by atoms with E-state index in [-0.39, 0.29) is 39.7 Å². The van der Waals surface area contributed by atoms with E-state index >= 15 is 0 Å². The Morgan fingerprint density at radius 2 is 1.00 bits per heavy atom. The molecule has 6 aromatic rings. The van der Waals surface area contributed by atoms with Crippen LogP contribution in [0.15, 0.2) is 130 Å². The van der Waals surface area contributed by atoms with Crippen molar-refractivity contribution in [2.24, 2.45) is 0 Å². The number of hydrogen-bond acceptors (Lipinski definition) is 8. The molecule has 0 radical (unpaired) electrons. The number of hydrogen-bond donors (Lipinski definition) is 4. The maximum atomic E-state index is 12.6. The van der Waals surface area contributed by atoms with E-state index in [1.807, 2.05) is 190 Å². The maximum Gasteiger partial charge on any atom is 0.284 e. The van der Waals surface area contributed by atoms with Crippen LogP contribution in [0.1, 0.15) is 163 Å². The number of pyridine rings is 1. The molecule has 0 aliphatic heterocycles. The van der Waals surface area contributed by atoms with Crippen LogP contribution in [0.4, 0.5) is 0 Å². The first-order valence-corrected chi connectivity index (χ1v) is 23.9. The van der Waals surface area contributed by atoms with Gasteiger partial charge < -0.3 is 25.5 Å². The number of para-hydroxylation sites is 1. The molecular formula is C56H78N8O6. The van der Waals surface area contributed by atoms with Crippen molar-refractivity contribution in [2.45, 2.75) is 147 Å². The first-order valence-electron chi connectivity index (χ1n) is 23.9. The Balaban J connectivity index is 0.000000497. The second kappa shape index (κ2) is 29.0. The standard InChI is InChI=1S/C18H22N2O2.2C16H19N3O2.3C2H6/c1-13-10-15(16(21)19-18(2,3)4)17(22)20(11-13)12-14-8-6-5-7-9-14;1-11-10-13(14(20)17-16(2,3)4)15(21)19(18-11)12-8-6-5-7-9-12;1-16(2,3)19-15(21)13-14(20)18-12(10-17-13)9-11-7-5-4-6-8-11;3*1-2/h5-11H,12H2,1-4H3,(H,19,21);5-10H,1-4H3,(H,17,20);4-8,10H,9H2,1-3H3,(H,18,20)(H,19,21);3*1-2H3. The summed E-state index contributed by atoms with van der Waals surface area (Å²) in [7, 11) is 0. The van der Waals surface area contributed by atoms with E-state index in [0.717, 1.165) is 16.7 Å². The number of nitrogens with one attached hydrogen (secondary N) is 4. The Morgan fingerprint density at radius 1 is 0.571 bits per heavy atom. The minimum atomic E-state index is -0.467. The van der Waals surface area contributed by atoms with E-state index in [1.54, 1.807) is 35.9 Å². The molecule has 0 atom stereocenters. The lowest BCUT2D eigenvalue weighted by Gasteiger charge is -2.20. The molecular weight excluding hydrogens is 881 g/mol. The number of aromatic amines is 1. The number of benzene rings is 3. The number of aryl methyl sites for hydroxylation is 2. The number of amides is 3. The van der Waals surface area contributed by atoms with Gasteiger partial charge in [-0.25, -0.2) is 4.98 Å². The van der Waals surface area contributed by atoms with Crippen LogP contribution in [-0.4, -0.2) is 58.7 Å². The summed E-state index contributed by atoms with van der Waals surface area (Å²) < 4.78 is 2.84. The number of nitrogens with zero attached hydrogens (tertiary/aromatic N) is 4. The molecule has 4 N–H and O–H groups in total. The highest BCUT2D eigenvalue weighted by molar-refractivity contribution is 5.95. The number of rotatable bonds is 8. The predicted octanol–water partition coefficient (Wildman–Crippen LogP) is 9.77. The minimum Gasteiger partial charge on any atom is -0.347 e. The van der Waals surface area contributed by atoms with Crippen molar-refractivity contribution in [3.8, 4) is 5.69 Å². The van der Waals surface area contributed by atoms with Gasteiger partial charge in [-0.1, -0.05) is 120 Å². The summed E-state index contributed by atoms with van der Waals surface area (Å²) in [6, 6.07) is 31.7. The summed E-state index contributed by atoms with van der Waals surface area (Å²) in [5.74, 6) is -1.18. The Hall–Kier alpha value is -7.22. The molecule has 0 unspecified atom stereocenters. The largest absolute Gasteiger partial charge is 0.347 e. The summed E-state index contributed by atoms with van der Waals surface area (Å²) in [4.78, 5) is 80.3. The summed E-state index contributed by atoms with van der Waals surface area (Å²) >= 11 is 0. The van der Waals surface area contributed by atoms with E-state index in [2.05, 4.69) is 31.0 Å². The van der Waals surface area contributed by atoms with Gasteiger partial charge in [0, 0.05) is 41.1 Å². The fourth-order valence-corrected chi connectivity index (χ4v) is 6.09. The molecule has 14 heteroatoms. The van der Waals surface area contributed by atoms with Crippen molar-refractivity contribution in [3.63, 3.8) is 0 Å². The summed E-state index contributed by atoms with van der Waals surface area (Å²) in [5, 5.41) is 12.6. The van der Waals surface area contributed by atoms with E-state index in [1.165, 1.54) is 16.9 Å². The number of carbonyl (C=O) groups excluding carboxylic acids is 3. The highest BCUT2D eigenvalue weighted by Crippen LogP contribution is 2.10. The quantitative estimate of drug-likeness (QED) is 0.116. The van der Waals surface area contributed by atoms with Crippen LogP contribution in [0.2, 0.25) is 0 Å². The molecule has 0 bridgehead atoms. The van der Waals surface area contributed by atoms with Crippen molar-refractivity contribution in [2.75, 3.05) is 0 Å². The van der Waals surface area contributed by atoms with Gasteiger partial charge in [0.25, 0.3) is 34.4 Å². The number of aromatic nitrogens is 5. The van der Waals surface area contributed by atoms with Gasteiger partial charge in [0.1, 0.15) is 11.1 Å². The maximum absolute atomic E-state index is 12.6. The molecule has 0 spiro atoms. The smallest absolute Gasteiger partial charge is 0.284 e. The van der Waals surface area contributed by atoms with Crippen LogP contribution in [0.5, 0.6) is 0 Å². The Bertz CT molecular complexity index is 2730. The number of H-pyrrole nitrogens is 1. The summed E-state index contributed by atoms with van der Waals surface area (Å²) in [6.45, 7) is 32.9. The van der Waals surface area contributed by atoms with Crippen molar-refractivity contribution in [1.82, 2.24) is 40.3 Å². The Kier molecular flexibility index (Phi) is 25.1. The van der Waals surface area contributed by atoms with Crippen LogP contribution in [0, 0.1) is 13.8 Å². The van der Waals surface area contributed by atoms with Crippen LogP contribution < -0.4 is 32.6 Å². The van der Waals surface area contributed by atoms with Crippen LogP contribution in [-0.2, 0) is 13.0 Å². The van der Waals surface area contributed by atoms with E-state index in [9.17, 15) is 28.8 Å². The Labute approximate surface area is 415 Å². The van der Waals surface area contributed by atoms with Gasteiger partial charge in [-0.2, -0.15) is 9.78 Å². The third-order valence-electron chi connectivity index (χ3n) is 8.70. The zero-order valence-electron chi connectivity index (χ0n) is 44.6. The first-order chi connectivity index (χ1) is 32.9. The highest BCUT2D eigenvalue weighted by Gasteiger charge is 2.22. The number of carbonyl (C=O) groups is 3. The molecule has 0 fully saturated rings. The summed E-state index contributed by atoms with van der Waals surface area (Å²) in [5.41, 5.74) is 2.73. The Morgan fingerprint density at radius 3 is 1.46 bits per heavy atom. The summed E-state index contributed by atoms with van der Waals surface area (Å²) in [6.07, 6.45) is 3.89. The average molecular weight is 959 g/mol. The van der Waals surface area contributed by atoms with E-state index in [0.29, 0.717) is 30.0 Å². The third-order valence-corrected chi connectivity index (χ3v) is 8.70. The van der Waals surface area contributed by atoms with Gasteiger partial charge in [-0.05, 0) is 117 Å². The lowest BCUT2D eigenvalue weighted by Crippen LogP contribution is -2.43. The van der Waals surface area contributed by atoms with Gasteiger partial charge in [0.15, 0.2) is 5.69 Å². The molecule has 3 amide bonds. The molecule has 3 aromatic carbocycles. The molecule has 14 nitrogen and oxygen atoms in total. The molecule has 3 aromatic heterocycles. The zero-order valence-corrected chi connectivity index (χ0v) is 44.6. The molecule has 0 aliphatic rings. The molecule has 0 saturated heterocycles. The second-order valence-corrected chi connectivity index (χ2v) is 18.5. The van der Waals surface area contributed by atoms with Crippen molar-refractivity contribution in [3.05, 3.63) is 191 Å². The monoisotopic (exact) mass is 959 g/mol. The van der Waals surface area contributed by atoms with Gasteiger partial charge in [-0.15, -0.1) is 0 Å². The van der Waals surface area contributed by atoms with Crippen molar-refractivity contribution < 1.29 is 14.4 Å². The van der Waals surface area contributed by atoms with Crippen molar-refractivity contribution in [1.29, 1.82) is 0 Å². The van der Waals surface area contributed by atoms with Crippen LogP contribution >= 0.6 is 0 Å². The molecule has 70 heavy (non-hydrogen) atoms. The van der Waals surface area contributed by atoms with Crippen LogP contribution in [0.3, 0.4) is 0 Å².